The number of nitrogens with one attached hydrogen (secondary N) is 2. The van der Waals surface area contributed by atoms with E-state index in [1.54, 1.807) is 42.5 Å². The number of hydrogen-bond acceptors (Lipinski definition) is 5. The van der Waals surface area contributed by atoms with Gasteiger partial charge in [0.15, 0.2) is 0 Å². The number of para-hydroxylation sites is 1. The van der Waals surface area contributed by atoms with Crippen LogP contribution in [0.1, 0.15) is 22.8 Å². The van der Waals surface area contributed by atoms with Gasteiger partial charge in [-0.05, 0) is 67.6 Å². The van der Waals surface area contributed by atoms with Crippen molar-refractivity contribution in [3.8, 4) is 5.69 Å². The van der Waals surface area contributed by atoms with Gasteiger partial charge in [0.25, 0.3) is 11.5 Å². The number of carbonyl (C=O) groups excluding carboxylic acids is 1. The number of aryl methyl sites for hydroxylation is 1. The maximum atomic E-state index is 13.0. The molecule has 1 amide bonds. The molecule has 8 nitrogen and oxygen atoms in total. The van der Waals surface area contributed by atoms with Crippen LogP contribution in [0.25, 0.3) is 16.6 Å². The molecule has 1 aliphatic rings. The van der Waals surface area contributed by atoms with Crippen LogP contribution in [0.15, 0.2) is 76.3 Å². The van der Waals surface area contributed by atoms with Crippen molar-refractivity contribution in [2.45, 2.75) is 13.8 Å². The molecule has 5 rings (SSSR count). The first-order valence-electron chi connectivity index (χ1n) is 12.2. The van der Waals surface area contributed by atoms with E-state index in [9.17, 15) is 14.4 Å². The Labute approximate surface area is 208 Å². The summed E-state index contributed by atoms with van der Waals surface area (Å²) < 4.78 is 1.09. The molecule has 1 aromatic heterocycles. The van der Waals surface area contributed by atoms with Crippen LogP contribution in [-0.2, 0) is 0 Å². The zero-order valence-electron chi connectivity index (χ0n) is 20.5. The molecule has 36 heavy (non-hydrogen) atoms. The van der Waals surface area contributed by atoms with Gasteiger partial charge < -0.3 is 20.1 Å². The number of H-pyrrole nitrogens is 1. The third-order valence-electron chi connectivity index (χ3n) is 6.82. The van der Waals surface area contributed by atoms with Gasteiger partial charge in [-0.15, -0.1) is 0 Å². The highest BCUT2D eigenvalue weighted by Gasteiger charge is 2.17. The summed E-state index contributed by atoms with van der Waals surface area (Å²) in [6.07, 6.45) is 0. The molecular formula is C28H29N5O3. The second-order valence-electron chi connectivity index (χ2n) is 9.04. The van der Waals surface area contributed by atoms with E-state index in [0.717, 1.165) is 54.2 Å². The van der Waals surface area contributed by atoms with Gasteiger partial charge in [-0.3, -0.25) is 9.59 Å². The monoisotopic (exact) mass is 483 g/mol. The minimum Gasteiger partial charge on any atom is -0.369 e. The Morgan fingerprint density at radius 1 is 0.917 bits per heavy atom. The van der Waals surface area contributed by atoms with Crippen LogP contribution < -0.4 is 21.5 Å². The van der Waals surface area contributed by atoms with Gasteiger partial charge in [-0.1, -0.05) is 25.1 Å². The Bertz CT molecular complexity index is 1530. The molecule has 0 unspecified atom stereocenters. The normalized spacial score (nSPS) is 14.2. The summed E-state index contributed by atoms with van der Waals surface area (Å²) in [5.74, 6) is -0.308. The smallest absolute Gasteiger partial charge is 0.333 e. The number of likely N-dealkylation sites (N-methyl/N-ethyl adjacent to an activating group) is 1. The minimum absolute atomic E-state index is 0.308. The van der Waals surface area contributed by atoms with Crippen molar-refractivity contribution in [1.82, 2.24) is 14.5 Å². The molecule has 1 saturated heterocycles. The quantitative estimate of drug-likeness (QED) is 0.454. The molecule has 184 valence electrons. The fourth-order valence-electron chi connectivity index (χ4n) is 4.67. The van der Waals surface area contributed by atoms with Gasteiger partial charge in [0, 0.05) is 43.1 Å². The Hall–Kier alpha value is -4.17. The maximum absolute atomic E-state index is 13.0. The highest BCUT2D eigenvalue weighted by molar-refractivity contribution is 6.06. The molecule has 0 saturated carbocycles. The zero-order valence-corrected chi connectivity index (χ0v) is 20.5. The first-order chi connectivity index (χ1) is 17.4. The van der Waals surface area contributed by atoms with Crippen LogP contribution in [0.4, 0.5) is 11.4 Å². The summed E-state index contributed by atoms with van der Waals surface area (Å²) in [5, 5.41) is 3.30. The van der Waals surface area contributed by atoms with Crippen LogP contribution in [0.5, 0.6) is 0 Å². The zero-order chi connectivity index (χ0) is 25.2. The predicted molar refractivity (Wildman–Crippen MR) is 144 cm³/mol. The van der Waals surface area contributed by atoms with Crippen molar-refractivity contribution in [2.24, 2.45) is 0 Å². The van der Waals surface area contributed by atoms with E-state index in [4.69, 9.17) is 0 Å². The topological polar surface area (TPSA) is 90.4 Å². The molecule has 8 heteroatoms. The number of fused-ring (bicyclic) bond motifs is 1. The molecule has 2 heterocycles. The van der Waals surface area contributed by atoms with E-state index in [1.165, 1.54) is 0 Å². The third kappa shape index (κ3) is 4.55. The average Bonchev–Trinajstić information content (AvgIpc) is 2.90. The minimum atomic E-state index is -0.553. The predicted octanol–water partition coefficient (Wildman–Crippen LogP) is 3.38. The van der Waals surface area contributed by atoms with E-state index in [0.29, 0.717) is 22.2 Å². The van der Waals surface area contributed by atoms with Gasteiger partial charge in [0.05, 0.1) is 16.6 Å². The number of nitrogens with zero attached hydrogens (tertiary/aromatic N) is 3. The number of hydrogen-bond donors (Lipinski definition) is 2. The maximum Gasteiger partial charge on any atom is 0.333 e. The summed E-state index contributed by atoms with van der Waals surface area (Å²) in [7, 11) is 0. The standard InChI is InChI=1S/C28H29N5O3/c1-3-31-13-15-32(16-14-31)22-10-12-24(19(2)17-22)29-26(34)20-9-11-23-25(18-20)30-28(36)33(27(23)35)21-7-5-4-6-8-21/h4-12,17-18H,3,13-16H2,1-2H3,(H,29,34)(H,30,36). The fraction of sp³-hybridized carbons (Fsp3) is 0.250. The number of anilines is 2. The van der Waals surface area contributed by atoms with Crippen LogP contribution in [-0.4, -0.2) is 53.1 Å². The van der Waals surface area contributed by atoms with Crippen LogP contribution >= 0.6 is 0 Å². The molecule has 1 aliphatic heterocycles. The SMILES string of the molecule is CCN1CCN(c2ccc(NC(=O)c3ccc4c(=O)n(-c5ccccc5)c(=O)[nH]c4c3)c(C)c2)CC1. The number of aromatic nitrogens is 2. The summed E-state index contributed by atoms with van der Waals surface area (Å²) in [4.78, 5) is 46.2. The Balaban J connectivity index is 1.37. The van der Waals surface area contributed by atoms with Crippen molar-refractivity contribution < 1.29 is 4.79 Å². The number of piperazine rings is 1. The fourth-order valence-corrected chi connectivity index (χ4v) is 4.67. The number of aromatic amines is 1. The Morgan fingerprint density at radius 2 is 1.67 bits per heavy atom. The summed E-state index contributed by atoms with van der Waals surface area (Å²) in [6, 6.07) is 19.5. The van der Waals surface area contributed by atoms with E-state index in [2.05, 4.69) is 33.1 Å². The molecule has 0 aliphatic carbocycles. The molecule has 0 atom stereocenters. The lowest BCUT2D eigenvalue weighted by Crippen LogP contribution is -2.46. The largest absolute Gasteiger partial charge is 0.369 e. The van der Waals surface area contributed by atoms with Crippen molar-refractivity contribution in [3.63, 3.8) is 0 Å². The average molecular weight is 484 g/mol. The van der Waals surface area contributed by atoms with Crippen molar-refractivity contribution in [2.75, 3.05) is 42.9 Å². The van der Waals surface area contributed by atoms with Crippen molar-refractivity contribution >= 4 is 28.2 Å². The van der Waals surface area contributed by atoms with E-state index >= 15 is 0 Å². The van der Waals surface area contributed by atoms with Gasteiger partial charge in [-0.2, -0.15) is 0 Å². The molecule has 0 radical (unpaired) electrons. The number of amides is 1. The molecule has 1 fully saturated rings. The second kappa shape index (κ2) is 9.83. The van der Waals surface area contributed by atoms with Gasteiger partial charge in [-0.25, -0.2) is 9.36 Å². The van der Waals surface area contributed by atoms with E-state index in [-0.39, 0.29) is 5.91 Å². The summed E-state index contributed by atoms with van der Waals surface area (Å²) >= 11 is 0. The number of rotatable bonds is 5. The summed E-state index contributed by atoms with van der Waals surface area (Å²) in [6.45, 7) is 9.31. The molecule has 3 aromatic carbocycles. The van der Waals surface area contributed by atoms with Crippen molar-refractivity contribution in [1.29, 1.82) is 0 Å². The Kier molecular flexibility index (Phi) is 6.43. The Morgan fingerprint density at radius 3 is 2.36 bits per heavy atom. The second-order valence-corrected chi connectivity index (χ2v) is 9.04. The molecule has 4 aromatic rings. The highest BCUT2D eigenvalue weighted by Crippen LogP contribution is 2.24. The van der Waals surface area contributed by atoms with E-state index in [1.807, 2.05) is 25.1 Å². The first kappa shape index (κ1) is 23.6. The number of benzene rings is 3. The van der Waals surface area contributed by atoms with Gasteiger partial charge in [0.1, 0.15) is 0 Å². The third-order valence-corrected chi connectivity index (χ3v) is 6.82. The molecule has 0 bridgehead atoms. The molecular weight excluding hydrogens is 454 g/mol. The highest BCUT2D eigenvalue weighted by atomic mass is 16.2. The van der Waals surface area contributed by atoms with E-state index < -0.39 is 11.2 Å². The summed E-state index contributed by atoms with van der Waals surface area (Å²) in [5.41, 5.74) is 3.03. The van der Waals surface area contributed by atoms with Crippen LogP contribution in [0, 0.1) is 6.92 Å². The molecule has 2 N–H and O–H groups in total. The van der Waals surface area contributed by atoms with Gasteiger partial charge >= 0.3 is 5.69 Å². The first-order valence-corrected chi connectivity index (χ1v) is 12.2. The lowest BCUT2D eigenvalue weighted by molar-refractivity contribution is 0.102. The molecule has 0 spiro atoms. The number of carbonyl (C=O) groups is 1. The van der Waals surface area contributed by atoms with Crippen LogP contribution in [0.2, 0.25) is 0 Å². The lowest BCUT2D eigenvalue weighted by Gasteiger charge is -2.35. The van der Waals surface area contributed by atoms with Crippen LogP contribution in [0.3, 0.4) is 0 Å². The van der Waals surface area contributed by atoms with Gasteiger partial charge in [0.2, 0.25) is 0 Å². The van der Waals surface area contributed by atoms with Crippen molar-refractivity contribution in [3.05, 3.63) is 98.7 Å². The lowest BCUT2D eigenvalue weighted by atomic mass is 10.1.